The SMILES string of the molecule is Cc1nn(-c2cccc(Cl)c2)c(Oc2ccccc2)c1CN(CC1CC1)C(=O)C1CCC1. The van der Waals surface area contributed by atoms with Crippen LogP contribution < -0.4 is 4.74 Å². The molecule has 0 spiro atoms. The predicted molar refractivity (Wildman–Crippen MR) is 125 cm³/mol. The number of aryl methyl sites for hydroxylation is 1. The number of carbonyl (C=O) groups excluding carboxylic acids is 1. The second-order valence-corrected chi connectivity index (χ2v) is 9.40. The van der Waals surface area contributed by atoms with Crippen LogP contribution in [0.2, 0.25) is 5.02 Å². The maximum absolute atomic E-state index is 13.2. The lowest BCUT2D eigenvalue weighted by molar-refractivity contribution is -0.139. The molecule has 5 nitrogen and oxygen atoms in total. The van der Waals surface area contributed by atoms with E-state index < -0.39 is 0 Å². The van der Waals surface area contributed by atoms with Crippen LogP contribution in [0, 0.1) is 18.8 Å². The third-order valence-corrected chi connectivity index (χ3v) is 6.67. The van der Waals surface area contributed by atoms with Crippen molar-refractivity contribution in [1.82, 2.24) is 14.7 Å². The largest absolute Gasteiger partial charge is 0.439 e. The lowest BCUT2D eigenvalue weighted by atomic mass is 9.84. The van der Waals surface area contributed by atoms with Gasteiger partial charge in [0.15, 0.2) is 0 Å². The molecule has 2 aliphatic rings. The number of halogens is 1. The maximum atomic E-state index is 13.2. The molecule has 1 aromatic heterocycles. The van der Waals surface area contributed by atoms with Gasteiger partial charge in [0.25, 0.3) is 0 Å². The Balaban J connectivity index is 1.53. The van der Waals surface area contributed by atoms with Gasteiger partial charge in [-0.2, -0.15) is 5.10 Å². The highest BCUT2D eigenvalue weighted by molar-refractivity contribution is 6.30. The maximum Gasteiger partial charge on any atom is 0.227 e. The van der Waals surface area contributed by atoms with E-state index in [1.165, 1.54) is 12.8 Å². The standard InChI is InChI=1S/C26H28ClN3O2/c1-18-24(17-29(16-19-13-14-19)25(31)20-7-5-8-20)26(32-23-11-3-2-4-12-23)30(28-18)22-10-6-9-21(27)15-22/h2-4,6,9-12,15,19-20H,5,7-8,13-14,16-17H2,1H3. The lowest BCUT2D eigenvalue weighted by Crippen LogP contribution is -2.39. The van der Waals surface area contributed by atoms with Crippen LogP contribution in [-0.2, 0) is 11.3 Å². The lowest BCUT2D eigenvalue weighted by Gasteiger charge is -2.32. The number of nitrogens with zero attached hydrogens (tertiary/aromatic N) is 3. The van der Waals surface area contributed by atoms with E-state index in [1.54, 1.807) is 4.68 Å². The van der Waals surface area contributed by atoms with Crippen LogP contribution in [0.25, 0.3) is 5.69 Å². The number of aromatic nitrogens is 2. The van der Waals surface area contributed by atoms with Crippen LogP contribution in [0.3, 0.4) is 0 Å². The van der Waals surface area contributed by atoms with Crippen molar-refractivity contribution < 1.29 is 9.53 Å². The molecule has 1 amide bonds. The monoisotopic (exact) mass is 449 g/mol. The Morgan fingerprint density at radius 2 is 1.91 bits per heavy atom. The molecule has 32 heavy (non-hydrogen) atoms. The molecule has 1 heterocycles. The minimum atomic E-state index is 0.176. The first-order chi connectivity index (χ1) is 15.6. The average molecular weight is 450 g/mol. The Morgan fingerprint density at radius 1 is 1.12 bits per heavy atom. The normalized spacial score (nSPS) is 15.9. The summed E-state index contributed by atoms with van der Waals surface area (Å²) in [5.41, 5.74) is 2.64. The number of ether oxygens (including phenoxy) is 1. The van der Waals surface area contributed by atoms with Crippen molar-refractivity contribution in [3.05, 3.63) is 70.9 Å². The number of hydrogen-bond donors (Lipinski definition) is 0. The molecule has 0 saturated heterocycles. The Hall–Kier alpha value is -2.79. The van der Waals surface area contributed by atoms with Gasteiger partial charge in [-0.1, -0.05) is 42.3 Å². The molecule has 166 valence electrons. The highest BCUT2D eigenvalue weighted by Crippen LogP contribution is 2.36. The van der Waals surface area contributed by atoms with Gasteiger partial charge in [0.2, 0.25) is 11.8 Å². The molecule has 0 atom stereocenters. The van der Waals surface area contributed by atoms with Crippen LogP contribution in [0.15, 0.2) is 54.6 Å². The molecule has 2 fully saturated rings. The third kappa shape index (κ3) is 4.53. The highest BCUT2D eigenvalue weighted by Gasteiger charge is 2.34. The van der Waals surface area contributed by atoms with Crippen molar-refractivity contribution in [2.45, 2.75) is 45.6 Å². The van der Waals surface area contributed by atoms with E-state index in [9.17, 15) is 4.79 Å². The molecule has 2 saturated carbocycles. The number of hydrogen-bond acceptors (Lipinski definition) is 3. The third-order valence-electron chi connectivity index (χ3n) is 6.44. The molecular weight excluding hydrogens is 422 g/mol. The fraction of sp³-hybridized carbons (Fsp3) is 0.385. The first-order valence-electron chi connectivity index (χ1n) is 11.4. The number of rotatable bonds is 8. The molecular formula is C26H28ClN3O2. The number of amides is 1. The Labute approximate surface area is 193 Å². The van der Waals surface area contributed by atoms with E-state index >= 15 is 0 Å². The van der Waals surface area contributed by atoms with Crippen molar-refractivity contribution in [2.75, 3.05) is 6.54 Å². The number of carbonyl (C=O) groups is 1. The van der Waals surface area contributed by atoms with Crippen LogP contribution in [0.4, 0.5) is 0 Å². The van der Waals surface area contributed by atoms with E-state index in [0.29, 0.717) is 23.4 Å². The molecule has 0 aliphatic heterocycles. The summed E-state index contributed by atoms with van der Waals surface area (Å²) in [6.45, 7) is 3.32. The summed E-state index contributed by atoms with van der Waals surface area (Å²) in [6.07, 6.45) is 5.59. The summed E-state index contributed by atoms with van der Waals surface area (Å²) in [5.74, 6) is 2.45. The first kappa shape index (κ1) is 21.1. The van der Waals surface area contributed by atoms with Gasteiger partial charge in [0, 0.05) is 17.5 Å². The number of para-hydroxylation sites is 1. The van der Waals surface area contributed by atoms with E-state index in [-0.39, 0.29) is 11.8 Å². The van der Waals surface area contributed by atoms with Crippen molar-refractivity contribution in [2.24, 2.45) is 11.8 Å². The van der Waals surface area contributed by atoms with Gasteiger partial charge >= 0.3 is 0 Å². The van der Waals surface area contributed by atoms with Crippen LogP contribution in [0.5, 0.6) is 11.6 Å². The van der Waals surface area contributed by atoms with Crippen LogP contribution in [0.1, 0.15) is 43.4 Å². The van der Waals surface area contributed by atoms with Crippen molar-refractivity contribution in [3.63, 3.8) is 0 Å². The number of benzene rings is 2. The predicted octanol–water partition coefficient (Wildman–Crippen LogP) is 6.17. The zero-order chi connectivity index (χ0) is 22.1. The van der Waals surface area contributed by atoms with Crippen molar-refractivity contribution >= 4 is 17.5 Å². The molecule has 0 radical (unpaired) electrons. The summed E-state index contributed by atoms with van der Waals surface area (Å²) in [6, 6.07) is 17.3. The molecule has 6 heteroatoms. The van der Waals surface area contributed by atoms with Crippen molar-refractivity contribution in [1.29, 1.82) is 0 Å². The molecule has 2 aromatic carbocycles. The van der Waals surface area contributed by atoms with Gasteiger partial charge in [-0.3, -0.25) is 4.79 Å². The summed E-state index contributed by atoms with van der Waals surface area (Å²) in [5, 5.41) is 5.44. The van der Waals surface area contributed by atoms with Gasteiger partial charge in [-0.05, 0) is 68.9 Å². The quantitative estimate of drug-likeness (QED) is 0.413. The molecule has 3 aromatic rings. The average Bonchev–Trinajstić information content (AvgIpc) is 3.52. The smallest absolute Gasteiger partial charge is 0.227 e. The van der Waals surface area contributed by atoms with Gasteiger partial charge in [0.1, 0.15) is 5.75 Å². The highest BCUT2D eigenvalue weighted by atomic mass is 35.5. The van der Waals surface area contributed by atoms with Gasteiger partial charge in [-0.25, -0.2) is 4.68 Å². The zero-order valence-corrected chi connectivity index (χ0v) is 19.1. The fourth-order valence-electron chi connectivity index (χ4n) is 4.16. The van der Waals surface area contributed by atoms with E-state index in [0.717, 1.165) is 48.5 Å². The summed E-state index contributed by atoms with van der Waals surface area (Å²) in [4.78, 5) is 15.3. The zero-order valence-electron chi connectivity index (χ0n) is 18.3. The molecule has 0 bridgehead atoms. The second-order valence-electron chi connectivity index (χ2n) is 8.97. The van der Waals surface area contributed by atoms with Crippen LogP contribution >= 0.6 is 11.6 Å². The Morgan fingerprint density at radius 3 is 2.56 bits per heavy atom. The van der Waals surface area contributed by atoms with Crippen LogP contribution in [-0.4, -0.2) is 27.1 Å². The molecule has 0 N–H and O–H groups in total. The Bertz CT molecular complexity index is 1100. The summed E-state index contributed by atoms with van der Waals surface area (Å²) in [7, 11) is 0. The van der Waals surface area contributed by atoms with E-state index in [1.807, 2.05) is 66.4 Å². The molecule has 5 rings (SSSR count). The summed E-state index contributed by atoms with van der Waals surface area (Å²) < 4.78 is 8.18. The van der Waals surface area contributed by atoms with Gasteiger partial charge in [0.05, 0.1) is 23.5 Å². The molecule has 0 unspecified atom stereocenters. The molecule has 2 aliphatic carbocycles. The van der Waals surface area contributed by atoms with E-state index in [2.05, 4.69) is 0 Å². The minimum Gasteiger partial charge on any atom is -0.439 e. The Kier molecular flexibility index (Phi) is 5.92. The van der Waals surface area contributed by atoms with Gasteiger partial charge in [-0.15, -0.1) is 0 Å². The van der Waals surface area contributed by atoms with Gasteiger partial charge < -0.3 is 9.64 Å². The van der Waals surface area contributed by atoms with E-state index in [4.69, 9.17) is 21.4 Å². The summed E-state index contributed by atoms with van der Waals surface area (Å²) >= 11 is 6.27. The fourth-order valence-corrected chi connectivity index (χ4v) is 4.34. The second kappa shape index (κ2) is 8.99. The minimum absolute atomic E-state index is 0.176. The topological polar surface area (TPSA) is 47.4 Å². The first-order valence-corrected chi connectivity index (χ1v) is 11.8. The van der Waals surface area contributed by atoms with Crippen molar-refractivity contribution in [3.8, 4) is 17.3 Å².